The van der Waals surface area contributed by atoms with Crippen LogP contribution >= 0.6 is 11.8 Å². The number of hydrogen-bond acceptors (Lipinski definition) is 4. The molecular formula is C13H12N4OS. The number of rotatable bonds is 4. The highest BCUT2D eigenvalue weighted by atomic mass is 32.2. The van der Waals surface area contributed by atoms with Crippen LogP contribution in [-0.2, 0) is 0 Å². The number of aromatic amines is 2. The van der Waals surface area contributed by atoms with Gasteiger partial charge in [-0.15, -0.1) is 0 Å². The minimum Gasteiger partial charge on any atom is -0.360 e. The fourth-order valence-electron chi connectivity index (χ4n) is 1.97. The van der Waals surface area contributed by atoms with Crippen LogP contribution in [0.2, 0.25) is 0 Å². The number of aromatic nitrogens is 4. The number of H-pyrrole nitrogens is 2. The second-order valence-electron chi connectivity index (χ2n) is 4.16. The van der Waals surface area contributed by atoms with Crippen molar-refractivity contribution in [2.75, 3.05) is 0 Å². The minimum absolute atomic E-state index is 0.0823. The highest BCUT2D eigenvalue weighted by molar-refractivity contribution is 8.00. The zero-order valence-electron chi connectivity index (χ0n) is 10.3. The van der Waals surface area contributed by atoms with Crippen LogP contribution < -0.4 is 0 Å². The van der Waals surface area contributed by atoms with E-state index in [4.69, 9.17) is 0 Å². The Labute approximate surface area is 113 Å². The maximum Gasteiger partial charge on any atom is 0.184 e. The molecule has 0 aliphatic heterocycles. The van der Waals surface area contributed by atoms with Crippen LogP contribution in [0.4, 0.5) is 0 Å². The minimum atomic E-state index is -0.216. The van der Waals surface area contributed by atoms with E-state index in [-0.39, 0.29) is 11.0 Å². The zero-order valence-corrected chi connectivity index (χ0v) is 11.1. The number of nitrogens with zero attached hydrogens (tertiary/aromatic N) is 2. The van der Waals surface area contributed by atoms with Crippen LogP contribution in [-0.4, -0.2) is 31.2 Å². The van der Waals surface area contributed by atoms with Gasteiger partial charge in [0.25, 0.3) is 0 Å². The molecule has 0 amide bonds. The number of nitrogens with one attached hydrogen (secondary N) is 2. The Morgan fingerprint density at radius 1 is 1.37 bits per heavy atom. The lowest BCUT2D eigenvalue weighted by Gasteiger charge is -2.06. The first-order valence-corrected chi connectivity index (χ1v) is 6.76. The second kappa shape index (κ2) is 4.89. The van der Waals surface area contributed by atoms with Gasteiger partial charge in [-0.2, -0.15) is 5.10 Å². The highest BCUT2D eigenvalue weighted by Crippen LogP contribution is 2.25. The van der Waals surface area contributed by atoms with Crippen molar-refractivity contribution in [1.29, 1.82) is 0 Å². The third-order valence-corrected chi connectivity index (χ3v) is 3.89. The van der Waals surface area contributed by atoms with Crippen LogP contribution in [0.25, 0.3) is 10.9 Å². The summed E-state index contributed by atoms with van der Waals surface area (Å²) < 4.78 is 0. The Bertz CT molecular complexity index is 704. The van der Waals surface area contributed by atoms with E-state index in [1.165, 1.54) is 18.1 Å². The predicted octanol–water partition coefficient (Wildman–Crippen LogP) is 2.65. The summed E-state index contributed by atoms with van der Waals surface area (Å²) in [7, 11) is 0. The molecule has 2 N–H and O–H groups in total. The molecule has 5 nitrogen and oxygen atoms in total. The van der Waals surface area contributed by atoms with E-state index < -0.39 is 0 Å². The zero-order chi connectivity index (χ0) is 13.2. The lowest BCUT2D eigenvalue weighted by molar-refractivity contribution is 0.0995. The number of carbonyl (C=O) groups excluding carboxylic acids is 1. The van der Waals surface area contributed by atoms with Crippen molar-refractivity contribution in [2.24, 2.45) is 0 Å². The molecule has 1 aromatic carbocycles. The Hall–Kier alpha value is -2.08. The number of hydrogen-bond donors (Lipinski definition) is 2. The molecule has 0 bridgehead atoms. The summed E-state index contributed by atoms with van der Waals surface area (Å²) >= 11 is 1.37. The molecule has 0 fully saturated rings. The van der Waals surface area contributed by atoms with Gasteiger partial charge in [-0.3, -0.25) is 9.89 Å². The average molecular weight is 272 g/mol. The van der Waals surface area contributed by atoms with Crippen LogP contribution in [0.3, 0.4) is 0 Å². The van der Waals surface area contributed by atoms with Gasteiger partial charge in [-0.25, -0.2) is 4.98 Å². The highest BCUT2D eigenvalue weighted by Gasteiger charge is 2.20. The molecule has 2 aromatic heterocycles. The molecule has 6 heteroatoms. The molecular weight excluding hydrogens is 260 g/mol. The lowest BCUT2D eigenvalue weighted by atomic mass is 10.1. The molecule has 0 aliphatic rings. The Morgan fingerprint density at radius 3 is 3.00 bits per heavy atom. The first-order valence-electron chi connectivity index (χ1n) is 5.88. The topological polar surface area (TPSA) is 74.4 Å². The lowest BCUT2D eigenvalue weighted by Crippen LogP contribution is -2.13. The van der Waals surface area contributed by atoms with Gasteiger partial charge in [-0.1, -0.05) is 30.0 Å². The summed E-state index contributed by atoms with van der Waals surface area (Å²) in [5.74, 6) is 0.0823. The van der Waals surface area contributed by atoms with Crippen molar-refractivity contribution < 1.29 is 4.79 Å². The summed E-state index contributed by atoms with van der Waals surface area (Å²) in [6.45, 7) is 1.87. The maximum absolute atomic E-state index is 12.4. The molecule has 1 atom stereocenters. The van der Waals surface area contributed by atoms with Gasteiger partial charge in [0.05, 0.1) is 5.25 Å². The van der Waals surface area contributed by atoms with Crippen LogP contribution in [0.15, 0.2) is 41.9 Å². The third-order valence-electron chi connectivity index (χ3n) is 2.91. The van der Waals surface area contributed by atoms with Crippen molar-refractivity contribution in [2.45, 2.75) is 17.3 Å². The molecule has 3 rings (SSSR count). The Kier molecular flexibility index (Phi) is 3.08. The molecule has 2 heterocycles. The summed E-state index contributed by atoms with van der Waals surface area (Å²) in [4.78, 5) is 19.6. The number of carbonyl (C=O) groups is 1. The standard InChI is InChI=1S/C13H12N4OS/c1-8(19-13-15-7-16-17-13)12(18)10-6-14-11-5-3-2-4-9(10)11/h2-8,14H,1H3,(H,15,16,17). The molecule has 0 aliphatic carbocycles. The van der Waals surface area contributed by atoms with Gasteiger partial charge in [0, 0.05) is 22.7 Å². The number of para-hydroxylation sites is 1. The van der Waals surface area contributed by atoms with Gasteiger partial charge in [0.15, 0.2) is 10.9 Å². The van der Waals surface area contributed by atoms with Gasteiger partial charge in [0.1, 0.15) is 6.33 Å². The fourth-order valence-corrected chi connectivity index (χ4v) is 2.75. The molecule has 96 valence electrons. The maximum atomic E-state index is 12.4. The van der Waals surface area contributed by atoms with E-state index in [0.29, 0.717) is 5.16 Å². The molecule has 0 radical (unpaired) electrons. The van der Waals surface area contributed by atoms with E-state index in [1.807, 2.05) is 31.2 Å². The van der Waals surface area contributed by atoms with Gasteiger partial charge in [0.2, 0.25) is 0 Å². The largest absolute Gasteiger partial charge is 0.360 e. The SMILES string of the molecule is CC(Sc1ncn[nH]1)C(=O)c1c[nH]c2ccccc12. The van der Waals surface area contributed by atoms with Crippen molar-refractivity contribution in [3.05, 3.63) is 42.4 Å². The Morgan fingerprint density at radius 2 is 2.21 bits per heavy atom. The predicted molar refractivity (Wildman–Crippen MR) is 74.3 cm³/mol. The molecule has 0 spiro atoms. The van der Waals surface area contributed by atoms with Gasteiger partial charge in [-0.05, 0) is 13.0 Å². The smallest absolute Gasteiger partial charge is 0.184 e. The van der Waals surface area contributed by atoms with Crippen LogP contribution in [0.5, 0.6) is 0 Å². The molecule has 1 unspecified atom stereocenters. The molecule has 3 aromatic rings. The van der Waals surface area contributed by atoms with E-state index in [2.05, 4.69) is 20.2 Å². The molecule has 0 saturated heterocycles. The fraction of sp³-hybridized carbons (Fsp3) is 0.154. The van der Waals surface area contributed by atoms with Crippen molar-refractivity contribution >= 4 is 28.4 Å². The first kappa shape index (κ1) is 12.0. The summed E-state index contributed by atoms with van der Waals surface area (Å²) in [6, 6.07) is 7.78. The van der Waals surface area contributed by atoms with E-state index in [9.17, 15) is 4.79 Å². The quantitative estimate of drug-likeness (QED) is 0.565. The number of ketones is 1. The van der Waals surface area contributed by atoms with Crippen LogP contribution in [0, 0.1) is 0 Å². The second-order valence-corrected chi connectivity index (χ2v) is 5.49. The molecule has 0 saturated carbocycles. The third kappa shape index (κ3) is 2.26. The number of benzene rings is 1. The Balaban J connectivity index is 1.87. The number of Topliss-reactive ketones (excluding diaryl/α,β-unsaturated/α-hetero) is 1. The van der Waals surface area contributed by atoms with Crippen molar-refractivity contribution in [3.63, 3.8) is 0 Å². The first-order chi connectivity index (χ1) is 9.25. The van der Waals surface area contributed by atoms with Crippen molar-refractivity contribution in [1.82, 2.24) is 20.2 Å². The van der Waals surface area contributed by atoms with Crippen LogP contribution in [0.1, 0.15) is 17.3 Å². The normalized spacial score (nSPS) is 12.7. The van der Waals surface area contributed by atoms with Gasteiger partial charge < -0.3 is 4.98 Å². The van der Waals surface area contributed by atoms with E-state index in [0.717, 1.165) is 16.5 Å². The number of fused-ring (bicyclic) bond motifs is 1. The van der Waals surface area contributed by atoms with E-state index in [1.54, 1.807) is 6.20 Å². The summed E-state index contributed by atoms with van der Waals surface area (Å²) in [5, 5.41) is 7.91. The molecule has 19 heavy (non-hydrogen) atoms. The summed E-state index contributed by atoms with van der Waals surface area (Å²) in [5.41, 5.74) is 1.69. The summed E-state index contributed by atoms with van der Waals surface area (Å²) in [6.07, 6.45) is 3.20. The van der Waals surface area contributed by atoms with E-state index >= 15 is 0 Å². The average Bonchev–Trinajstić information content (AvgIpc) is 3.06. The van der Waals surface area contributed by atoms with Crippen molar-refractivity contribution in [3.8, 4) is 0 Å². The van der Waals surface area contributed by atoms with Gasteiger partial charge >= 0.3 is 0 Å². The monoisotopic (exact) mass is 272 g/mol. The number of thioether (sulfide) groups is 1.